The highest BCUT2D eigenvalue weighted by molar-refractivity contribution is 5.81. The van der Waals surface area contributed by atoms with Gasteiger partial charge in [0.2, 0.25) is 0 Å². The number of hydrogen-bond acceptors (Lipinski definition) is 3. The number of carboxylic acid groups (broad SMARTS) is 1. The quantitative estimate of drug-likeness (QED) is 0.810. The Morgan fingerprint density at radius 2 is 1.90 bits per heavy atom. The SMILES string of the molecule is CC(Oc1ccc(F)cc1)C(=O)NC(C)(C)CCC(=O)O. The third-order valence-corrected chi connectivity index (χ3v) is 2.92. The summed E-state index contributed by atoms with van der Waals surface area (Å²) in [6, 6.07) is 5.37. The molecule has 21 heavy (non-hydrogen) atoms. The van der Waals surface area contributed by atoms with Gasteiger partial charge in [0.1, 0.15) is 11.6 Å². The highest BCUT2D eigenvalue weighted by Gasteiger charge is 2.25. The molecule has 116 valence electrons. The van der Waals surface area contributed by atoms with Crippen LogP contribution in [0.25, 0.3) is 0 Å². The van der Waals surface area contributed by atoms with Crippen LogP contribution < -0.4 is 10.1 Å². The molecule has 1 atom stereocenters. The van der Waals surface area contributed by atoms with E-state index >= 15 is 0 Å². The van der Waals surface area contributed by atoms with Gasteiger partial charge >= 0.3 is 5.97 Å². The second-order valence-electron chi connectivity index (χ2n) is 5.48. The molecule has 5 nitrogen and oxygen atoms in total. The number of amides is 1. The summed E-state index contributed by atoms with van der Waals surface area (Å²) in [5.74, 6) is -1.25. The molecular weight excluding hydrogens is 277 g/mol. The maximum Gasteiger partial charge on any atom is 0.303 e. The number of carbonyl (C=O) groups excluding carboxylic acids is 1. The van der Waals surface area contributed by atoms with E-state index in [0.717, 1.165) is 0 Å². The smallest absolute Gasteiger partial charge is 0.303 e. The first kappa shape index (κ1) is 16.9. The molecule has 1 amide bonds. The molecule has 0 saturated carbocycles. The van der Waals surface area contributed by atoms with Crippen molar-refractivity contribution >= 4 is 11.9 Å². The minimum atomic E-state index is -0.909. The van der Waals surface area contributed by atoms with Crippen molar-refractivity contribution in [1.29, 1.82) is 0 Å². The van der Waals surface area contributed by atoms with E-state index in [1.165, 1.54) is 24.3 Å². The van der Waals surface area contributed by atoms with E-state index < -0.39 is 17.6 Å². The highest BCUT2D eigenvalue weighted by Crippen LogP contribution is 2.15. The van der Waals surface area contributed by atoms with Crippen LogP contribution in [-0.4, -0.2) is 28.6 Å². The van der Waals surface area contributed by atoms with E-state index in [1.807, 2.05) is 0 Å². The van der Waals surface area contributed by atoms with Gasteiger partial charge in [0, 0.05) is 12.0 Å². The lowest BCUT2D eigenvalue weighted by molar-refractivity contribution is -0.138. The molecule has 0 aliphatic carbocycles. The third-order valence-electron chi connectivity index (χ3n) is 2.92. The van der Waals surface area contributed by atoms with Crippen LogP contribution in [0.2, 0.25) is 0 Å². The van der Waals surface area contributed by atoms with Crippen LogP contribution in [0.3, 0.4) is 0 Å². The maximum atomic E-state index is 12.8. The molecule has 0 bridgehead atoms. The van der Waals surface area contributed by atoms with Crippen LogP contribution in [0.5, 0.6) is 5.75 Å². The first-order valence-electron chi connectivity index (χ1n) is 6.66. The minimum absolute atomic E-state index is 0.0273. The van der Waals surface area contributed by atoms with E-state index in [1.54, 1.807) is 20.8 Å². The second-order valence-corrected chi connectivity index (χ2v) is 5.48. The Balaban J connectivity index is 2.53. The number of nitrogens with one attached hydrogen (secondary N) is 1. The minimum Gasteiger partial charge on any atom is -0.481 e. The van der Waals surface area contributed by atoms with Gasteiger partial charge in [-0.25, -0.2) is 4.39 Å². The molecule has 1 aromatic rings. The number of ether oxygens (including phenoxy) is 1. The molecule has 0 aromatic heterocycles. The number of aliphatic carboxylic acids is 1. The molecule has 1 unspecified atom stereocenters. The Hall–Kier alpha value is -2.11. The van der Waals surface area contributed by atoms with E-state index in [0.29, 0.717) is 12.2 Å². The van der Waals surface area contributed by atoms with Crippen molar-refractivity contribution in [3.63, 3.8) is 0 Å². The van der Waals surface area contributed by atoms with Gasteiger partial charge in [-0.3, -0.25) is 9.59 Å². The summed E-state index contributed by atoms with van der Waals surface area (Å²) in [6.07, 6.45) is -0.475. The largest absolute Gasteiger partial charge is 0.481 e. The molecule has 0 fully saturated rings. The summed E-state index contributed by atoms with van der Waals surface area (Å²) < 4.78 is 18.2. The predicted octanol–water partition coefficient (Wildman–Crippen LogP) is 2.35. The Kier molecular flexibility index (Phi) is 5.69. The van der Waals surface area contributed by atoms with Gasteiger partial charge in [0.25, 0.3) is 5.91 Å². The van der Waals surface area contributed by atoms with E-state index in [-0.39, 0.29) is 18.1 Å². The van der Waals surface area contributed by atoms with E-state index in [2.05, 4.69) is 5.32 Å². The average molecular weight is 297 g/mol. The van der Waals surface area contributed by atoms with Crippen molar-refractivity contribution in [1.82, 2.24) is 5.32 Å². The Morgan fingerprint density at radius 1 is 1.33 bits per heavy atom. The topological polar surface area (TPSA) is 75.6 Å². The molecule has 0 aliphatic heterocycles. The molecule has 2 N–H and O–H groups in total. The van der Waals surface area contributed by atoms with Gasteiger partial charge in [-0.15, -0.1) is 0 Å². The van der Waals surface area contributed by atoms with Crippen molar-refractivity contribution in [2.45, 2.75) is 45.3 Å². The van der Waals surface area contributed by atoms with Gasteiger partial charge in [-0.1, -0.05) is 0 Å². The van der Waals surface area contributed by atoms with Crippen LogP contribution in [0, 0.1) is 5.82 Å². The fourth-order valence-electron chi connectivity index (χ4n) is 1.69. The Bertz CT molecular complexity index is 499. The normalized spacial score (nSPS) is 12.6. The van der Waals surface area contributed by atoms with Crippen LogP contribution in [0.15, 0.2) is 24.3 Å². The molecule has 1 rings (SSSR count). The van der Waals surface area contributed by atoms with Crippen LogP contribution in [0.1, 0.15) is 33.6 Å². The number of carbonyl (C=O) groups is 2. The van der Waals surface area contributed by atoms with E-state index in [9.17, 15) is 14.0 Å². The summed E-state index contributed by atoms with van der Waals surface area (Å²) in [4.78, 5) is 22.6. The van der Waals surface area contributed by atoms with Crippen LogP contribution >= 0.6 is 0 Å². The summed E-state index contributed by atoms with van der Waals surface area (Å²) in [7, 11) is 0. The second kappa shape index (κ2) is 7.06. The third kappa shape index (κ3) is 6.25. The maximum absolute atomic E-state index is 12.8. The van der Waals surface area contributed by atoms with Crippen molar-refractivity contribution in [2.75, 3.05) is 0 Å². The summed E-state index contributed by atoms with van der Waals surface area (Å²) in [5.41, 5.74) is -0.643. The van der Waals surface area contributed by atoms with Gasteiger partial charge in [0.15, 0.2) is 6.10 Å². The molecule has 0 spiro atoms. The van der Waals surface area contributed by atoms with E-state index in [4.69, 9.17) is 9.84 Å². The summed E-state index contributed by atoms with van der Waals surface area (Å²) >= 11 is 0. The first-order valence-corrected chi connectivity index (χ1v) is 6.66. The van der Waals surface area contributed by atoms with Crippen LogP contribution in [-0.2, 0) is 9.59 Å². The zero-order chi connectivity index (χ0) is 16.0. The molecule has 1 aromatic carbocycles. The van der Waals surface area contributed by atoms with Gasteiger partial charge in [-0.2, -0.15) is 0 Å². The molecule has 0 heterocycles. The number of halogens is 1. The van der Waals surface area contributed by atoms with Crippen LogP contribution in [0.4, 0.5) is 4.39 Å². The molecular formula is C15H20FNO4. The van der Waals surface area contributed by atoms with Crippen molar-refractivity contribution < 1.29 is 23.8 Å². The monoisotopic (exact) mass is 297 g/mol. The van der Waals surface area contributed by atoms with Gasteiger partial charge in [0.05, 0.1) is 0 Å². The summed E-state index contributed by atoms with van der Waals surface area (Å²) in [6.45, 7) is 5.07. The highest BCUT2D eigenvalue weighted by atomic mass is 19.1. The number of benzene rings is 1. The first-order chi connectivity index (χ1) is 9.69. The molecule has 0 aliphatic rings. The zero-order valence-electron chi connectivity index (χ0n) is 12.4. The van der Waals surface area contributed by atoms with Crippen molar-refractivity contribution in [2.24, 2.45) is 0 Å². The van der Waals surface area contributed by atoms with Crippen molar-refractivity contribution in [3.05, 3.63) is 30.1 Å². The lowest BCUT2D eigenvalue weighted by Gasteiger charge is -2.27. The summed E-state index contributed by atoms with van der Waals surface area (Å²) in [5, 5.41) is 11.4. The average Bonchev–Trinajstić information content (AvgIpc) is 2.38. The number of carboxylic acids is 1. The fraction of sp³-hybridized carbons (Fsp3) is 0.467. The fourth-order valence-corrected chi connectivity index (χ4v) is 1.69. The lowest BCUT2D eigenvalue weighted by atomic mass is 9.98. The van der Waals surface area contributed by atoms with Crippen molar-refractivity contribution in [3.8, 4) is 5.75 Å². The standard InChI is InChI=1S/C15H20FNO4/c1-10(21-12-6-4-11(16)5-7-12)14(20)17-15(2,3)9-8-13(18)19/h4-7,10H,8-9H2,1-3H3,(H,17,20)(H,18,19). The zero-order valence-corrected chi connectivity index (χ0v) is 12.4. The Morgan fingerprint density at radius 3 is 2.43 bits per heavy atom. The molecule has 0 radical (unpaired) electrons. The van der Waals surface area contributed by atoms with Gasteiger partial charge in [-0.05, 0) is 51.5 Å². The molecule has 6 heteroatoms. The lowest BCUT2D eigenvalue weighted by Crippen LogP contribution is -2.48. The predicted molar refractivity (Wildman–Crippen MR) is 75.6 cm³/mol. The molecule has 0 saturated heterocycles. The number of rotatable bonds is 7. The number of hydrogen-bond donors (Lipinski definition) is 2. The Labute approximate surface area is 123 Å². The van der Waals surface area contributed by atoms with Gasteiger partial charge < -0.3 is 15.2 Å².